The SMILES string of the molecule is O=C(Cn1ccc(C(F)(F)F)n1)N1CCCN(c2ccc(C(F)(F)F)cn2)CC1. The Bertz CT molecular complexity index is 845. The van der Waals surface area contributed by atoms with Gasteiger partial charge in [-0.3, -0.25) is 9.48 Å². The van der Waals surface area contributed by atoms with Crippen molar-refractivity contribution in [3.8, 4) is 0 Å². The van der Waals surface area contributed by atoms with E-state index in [1.807, 2.05) is 0 Å². The zero-order chi connectivity index (χ0) is 21.2. The first-order valence-electron chi connectivity index (χ1n) is 8.70. The second-order valence-electron chi connectivity index (χ2n) is 6.52. The highest BCUT2D eigenvalue weighted by Gasteiger charge is 2.34. The normalized spacial score (nSPS) is 16.1. The van der Waals surface area contributed by atoms with E-state index in [1.165, 1.54) is 11.0 Å². The second-order valence-corrected chi connectivity index (χ2v) is 6.52. The summed E-state index contributed by atoms with van der Waals surface area (Å²) in [6, 6.07) is 3.03. The van der Waals surface area contributed by atoms with Crippen molar-refractivity contribution in [1.82, 2.24) is 19.7 Å². The van der Waals surface area contributed by atoms with E-state index in [-0.39, 0.29) is 19.0 Å². The summed E-state index contributed by atoms with van der Waals surface area (Å²) in [5, 5.41) is 3.36. The number of anilines is 1. The minimum atomic E-state index is -4.58. The summed E-state index contributed by atoms with van der Waals surface area (Å²) < 4.78 is 76.7. The van der Waals surface area contributed by atoms with E-state index in [1.54, 1.807) is 4.90 Å². The Hall–Kier alpha value is -2.79. The summed E-state index contributed by atoms with van der Waals surface area (Å²) in [6.07, 6.45) is -6.64. The van der Waals surface area contributed by atoms with Crippen LogP contribution in [-0.4, -0.2) is 51.8 Å². The molecule has 1 fully saturated rings. The lowest BCUT2D eigenvalue weighted by atomic mass is 10.2. The zero-order valence-corrected chi connectivity index (χ0v) is 15.0. The van der Waals surface area contributed by atoms with Gasteiger partial charge in [0.15, 0.2) is 5.69 Å². The standard InChI is InChI=1S/C17H17F6N5O/c18-16(19,20)12-2-3-14(24-10-12)26-5-1-6-27(9-8-26)15(29)11-28-7-4-13(25-28)17(21,22)23/h2-4,7,10H,1,5-6,8-9,11H2. The minimum Gasteiger partial charge on any atom is -0.355 e. The van der Waals surface area contributed by atoms with E-state index in [0.717, 1.165) is 29.2 Å². The fraction of sp³-hybridized carbons (Fsp3) is 0.471. The number of pyridine rings is 1. The molecular weight excluding hydrogens is 404 g/mol. The lowest BCUT2D eigenvalue weighted by Crippen LogP contribution is -2.37. The smallest absolute Gasteiger partial charge is 0.355 e. The number of carbonyl (C=O) groups excluding carboxylic acids is 1. The average Bonchev–Trinajstić information content (AvgIpc) is 2.97. The average molecular weight is 421 g/mol. The molecule has 2 aromatic heterocycles. The van der Waals surface area contributed by atoms with Crippen molar-refractivity contribution < 1.29 is 31.1 Å². The van der Waals surface area contributed by atoms with Crippen LogP contribution in [0.2, 0.25) is 0 Å². The number of halogens is 6. The van der Waals surface area contributed by atoms with Crippen molar-refractivity contribution in [2.45, 2.75) is 25.3 Å². The maximum Gasteiger partial charge on any atom is 0.435 e. The molecule has 3 heterocycles. The van der Waals surface area contributed by atoms with Crippen LogP contribution in [-0.2, 0) is 23.7 Å². The van der Waals surface area contributed by atoms with Crippen LogP contribution < -0.4 is 4.90 Å². The van der Waals surface area contributed by atoms with Gasteiger partial charge in [0.25, 0.3) is 0 Å². The monoisotopic (exact) mass is 421 g/mol. The largest absolute Gasteiger partial charge is 0.435 e. The number of rotatable bonds is 3. The van der Waals surface area contributed by atoms with Gasteiger partial charge in [-0.05, 0) is 24.6 Å². The first-order valence-corrected chi connectivity index (χ1v) is 8.70. The predicted molar refractivity (Wildman–Crippen MR) is 89.9 cm³/mol. The van der Waals surface area contributed by atoms with E-state index >= 15 is 0 Å². The number of nitrogens with zero attached hydrogens (tertiary/aromatic N) is 5. The van der Waals surface area contributed by atoms with E-state index < -0.39 is 23.6 Å². The summed E-state index contributed by atoms with van der Waals surface area (Å²) in [5.41, 5.74) is -1.91. The molecule has 0 spiro atoms. The molecule has 0 aliphatic carbocycles. The molecule has 1 amide bonds. The fourth-order valence-corrected chi connectivity index (χ4v) is 2.98. The maximum atomic E-state index is 12.6. The number of alkyl halides is 6. The Morgan fingerprint density at radius 3 is 2.31 bits per heavy atom. The third-order valence-electron chi connectivity index (χ3n) is 4.48. The molecule has 1 aliphatic rings. The van der Waals surface area contributed by atoms with Crippen molar-refractivity contribution in [2.75, 3.05) is 31.1 Å². The van der Waals surface area contributed by atoms with Gasteiger partial charge in [-0.15, -0.1) is 0 Å². The summed E-state index contributed by atoms with van der Waals surface area (Å²) >= 11 is 0. The third-order valence-corrected chi connectivity index (χ3v) is 4.48. The topological polar surface area (TPSA) is 54.3 Å². The van der Waals surface area contributed by atoms with Gasteiger partial charge in [-0.25, -0.2) is 4.98 Å². The van der Waals surface area contributed by atoms with Crippen LogP contribution in [0.5, 0.6) is 0 Å². The Kier molecular flexibility index (Phi) is 5.71. The zero-order valence-electron chi connectivity index (χ0n) is 15.0. The summed E-state index contributed by atoms with van der Waals surface area (Å²) in [4.78, 5) is 19.5. The molecule has 0 aromatic carbocycles. The number of hydrogen-bond donors (Lipinski definition) is 0. The quantitative estimate of drug-likeness (QED) is 0.715. The van der Waals surface area contributed by atoms with Gasteiger partial charge in [-0.1, -0.05) is 0 Å². The van der Waals surface area contributed by atoms with E-state index in [9.17, 15) is 31.1 Å². The number of amides is 1. The van der Waals surface area contributed by atoms with Crippen molar-refractivity contribution in [1.29, 1.82) is 0 Å². The van der Waals surface area contributed by atoms with Crippen LogP contribution in [0, 0.1) is 0 Å². The van der Waals surface area contributed by atoms with Crippen molar-refractivity contribution in [2.24, 2.45) is 0 Å². The van der Waals surface area contributed by atoms with Crippen molar-refractivity contribution in [3.05, 3.63) is 41.9 Å². The van der Waals surface area contributed by atoms with Crippen LogP contribution in [0.25, 0.3) is 0 Å². The molecule has 29 heavy (non-hydrogen) atoms. The molecule has 6 nitrogen and oxygen atoms in total. The molecule has 2 aromatic rings. The van der Waals surface area contributed by atoms with Gasteiger partial charge in [0.1, 0.15) is 12.4 Å². The molecule has 0 radical (unpaired) electrons. The molecule has 0 N–H and O–H groups in total. The first-order chi connectivity index (χ1) is 13.5. The van der Waals surface area contributed by atoms with Gasteiger partial charge >= 0.3 is 12.4 Å². The van der Waals surface area contributed by atoms with E-state index in [0.29, 0.717) is 31.9 Å². The van der Waals surface area contributed by atoms with Crippen molar-refractivity contribution >= 4 is 11.7 Å². The summed E-state index contributed by atoms with van der Waals surface area (Å²) in [7, 11) is 0. The third kappa shape index (κ3) is 5.18. The molecule has 12 heteroatoms. The molecule has 0 unspecified atom stereocenters. The van der Waals surface area contributed by atoms with Gasteiger partial charge in [-0.2, -0.15) is 31.4 Å². The number of hydrogen-bond acceptors (Lipinski definition) is 4. The van der Waals surface area contributed by atoms with Crippen LogP contribution in [0.3, 0.4) is 0 Å². The minimum absolute atomic E-state index is 0.273. The van der Waals surface area contributed by atoms with Gasteiger partial charge in [0.05, 0.1) is 5.56 Å². The van der Waals surface area contributed by atoms with Gasteiger partial charge < -0.3 is 9.80 Å². The van der Waals surface area contributed by atoms with E-state index in [4.69, 9.17) is 0 Å². The van der Waals surface area contributed by atoms with Crippen LogP contribution in [0.4, 0.5) is 32.2 Å². The van der Waals surface area contributed by atoms with Crippen LogP contribution >= 0.6 is 0 Å². The second kappa shape index (κ2) is 7.91. The molecule has 0 saturated carbocycles. The fourth-order valence-electron chi connectivity index (χ4n) is 2.98. The first kappa shape index (κ1) is 20.9. The van der Waals surface area contributed by atoms with Gasteiger partial charge in [0, 0.05) is 38.6 Å². The maximum absolute atomic E-state index is 12.6. The molecule has 1 aliphatic heterocycles. The molecule has 1 saturated heterocycles. The van der Waals surface area contributed by atoms with Crippen molar-refractivity contribution in [3.63, 3.8) is 0 Å². The van der Waals surface area contributed by atoms with E-state index in [2.05, 4.69) is 10.1 Å². The predicted octanol–water partition coefficient (Wildman–Crippen LogP) is 3.05. The lowest BCUT2D eigenvalue weighted by Gasteiger charge is -2.23. The highest BCUT2D eigenvalue weighted by Crippen LogP contribution is 2.29. The van der Waals surface area contributed by atoms with Crippen LogP contribution in [0.15, 0.2) is 30.6 Å². The van der Waals surface area contributed by atoms with Crippen LogP contribution in [0.1, 0.15) is 17.7 Å². The van der Waals surface area contributed by atoms with Gasteiger partial charge in [0.2, 0.25) is 5.91 Å². The molecule has 158 valence electrons. The highest BCUT2D eigenvalue weighted by atomic mass is 19.4. The Labute approximate surface area is 161 Å². The number of carbonyl (C=O) groups is 1. The molecule has 0 atom stereocenters. The number of aromatic nitrogens is 3. The molecule has 3 rings (SSSR count). The highest BCUT2D eigenvalue weighted by molar-refractivity contribution is 5.76. The Morgan fingerprint density at radius 2 is 1.72 bits per heavy atom. The Morgan fingerprint density at radius 1 is 0.966 bits per heavy atom. The molecule has 0 bridgehead atoms. The summed E-state index contributed by atoms with van der Waals surface area (Å²) in [6.45, 7) is 1.16. The summed E-state index contributed by atoms with van der Waals surface area (Å²) in [5.74, 6) is -0.0155. The molecular formula is C17H17F6N5O. The Balaban J connectivity index is 1.59. The lowest BCUT2D eigenvalue weighted by molar-refractivity contribution is -0.142.